The molecule has 5 atom stereocenters. The molecule has 0 aromatic heterocycles. The van der Waals surface area contributed by atoms with E-state index in [9.17, 15) is 14.7 Å². The molecule has 1 N–H and O–H groups in total. The number of likely N-dealkylation sites (tertiary alicyclic amines) is 1. The molecule has 3 aliphatic rings. The third-order valence-corrected chi connectivity index (χ3v) is 6.04. The predicted molar refractivity (Wildman–Crippen MR) is 78.9 cm³/mol. The van der Waals surface area contributed by atoms with Crippen LogP contribution in [0.1, 0.15) is 39.0 Å². The van der Waals surface area contributed by atoms with Crippen molar-refractivity contribution in [3.63, 3.8) is 0 Å². The molecular weight excluding hydrogens is 268 g/mol. The zero-order valence-corrected chi connectivity index (χ0v) is 13.0. The third kappa shape index (κ3) is 2.62. The zero-order valence-electron chi connectivity index (χ0n) is 13.0. The van der Waals surface area contributed by atoms with Crippen LogP contribution in [0.5, 0.6) is 0 Å². The van der Waals surface area contributed by atoms with E-state index in [-0.39, 0.29) is 12.1 Å². The number of carbonyl (C=O) groups excluding carboxylic acids is 1. The number of amides is 2. The monoisotopic (exact) mass is 294 g/mol. The molecule has 5 unspecified atom stereocenters. The number of carbonyl (C=O) groups is 2. The molecule has 2 saturated carbocycles. The Morgan fingerprint density at radius 2 is 2.00 bits per heavy atom. The van der Waals surface area contributed by atoms with Crippen LogP contribution in [0.3, 0.4) is 0 Å². The van der Waals surface area contributed by atoms with Gasteiger partial charge < -0.3 is 14.9 Å². The lowest BCUT2D eigenvalue weighted by atomic mass is 9.88. The van der Waals surface area contributed by atoms with Crippen LogP contribution in [0.15, 0.2) is 0 Å². The number of carboxylic acid groups (broad SMARTS) is 1. The summed E-state index contributed by atoms with van der Waals surface area (Å²) >= 11 is 0. The molecule has 21 heavy (non-hydrogen) atoms. The number of hydrogen-bond acceptors (Lipinski definition) is 2. The van der Waals surface area contributed by atoms with Gasteiger partial charge in [-0.25, -0.2) is 4.79 Å². The van der Waals surface area contributed by atoms with Gasteiger partial charge >= 0.3 is 12.0 Å². The highest BCUT2D eigenvalue weighted by atomic mass is 16.4. The van der Waals surface area contributed by atoms with Crippen LogP contribution in [0.4, 0.5) is 4.79 Å². The van der Waals surface area contributed by atoms with Gasteiger partial charge in [0.1, 0.15) is 0 Å². The van der Waals surface area contributed by atoms with E-state index in [1.54, 1.807) is 4.90 Å². The van der Waals surface area contributed by atoms with Gasteiger partial charge in [-0.1, -0.05) is 6.42 Å². The number of rotatable bonds is 3. The van der Waals surface area contributed by atoms with Crippen LogP contribution in [-0.4, -0.2) is 53.1 Å². The largest absolute Gasteiger partial charge is 0.481 e. The predicted octanol–water partition coefficient (Wildman–Crippen LogP) is 2.27. The van der Waals surface area contributed by atoms with E-state index in [4.69, 9.17) is 0 Å². The van der Waals surface area contributed by atoms with Gasteiger partial charge in [-0.2, -0.15) is 0 Å². The molecule has 0 aromatic rings. The molecule has 118 valence electrons. The molecule has 2 aliphatic carbocycles. The van der Waals surface area contributed by atoms with E-state index in [2.05, 4.69) is 0 Å². The van der Waals surface area contributed by atoms with E-state index in [1.165, 1.54) is 25.7 Å². The van der Waals surface area contributed by atoms with Gasteiger partial charge in [0, 0.05) is 26.2 Å². The minimum atomic E-state index is -0.784. The lowest BCUT2D eigenvalue weighted by molar-refractivity contribution is -0.142. The quantitative estimate of drug-likeness (QED) is 0.868. The summed E-state index contributed by atoms with van der Waals surface area (Å²) < 4.78 is 0. The summed E-state index contributed by atoms with van der Waals surface area (Å²) in [5, 5.41) is 9.17. The summed E-state index contributed by atoms with van der Waals surface area (Å²) in [7, 11) is 1.87. The highest BCUT2D eigenvalue weighted by molar-refractivity contribution is 5.78. The fourth-order valence-electron chi connectivity index (χ4n) is 4.79. The van der Waals surface area contributed by atoms with Gasteiger partial charge in [-0.3, -0.25) is 4.79 Å². The van der Waals surface area contributed by atoms with E-state index in [0.717, 1.165) is 18.4 Å². The average molecular weight is 294 g/mol. The fraction of sp³-hybridized carbons (Fsp3) is 0.875. The molecule has 2 bridgehead atoms. The van der Waals surface area contributed by atoms with Crippen LogP contribution in [0.2, 0.25) is 0 Å². The molecule has 3 rings (SSSR count). The van der Waals surface area contributed by atoms with Gasteiger partial charge in [0.15, 0.2) is 0 Å². The summed E-state index contributed by atoms with van der Waals surface area (Å²) in [6, 6.07) is -0.188. The van der Waals surface area contributed by atoms with Crippen LogP contribution < -0.4 is 0 Å². The SMILES string of the molecule is CC1C(C(=O)O)CCN1C(=O)N(C)CC1CC2CCC1C2. The van der Waals surface area contributed by atoms with E-state index < -0.39 is 11.9 Å². The molecule has 1 heterocycles. The smallest absolute Gasteiger partial charge is 0.320 e. The first kappa shape index (κ1) is 14.7. The summed E-state index contributed by atoms with van der Waals surface area (Å²) in [5.74, 6) is 1.17. The fourth-order valence-corrected chi connectivity index (χ4v) is 4.79. The molecule has 5 nitrogen and oxygen atoms in total. The Hall–Kier alpha value is -1.26. The van der Waals surface area contributed by atoms with Crippen molar-refractivity contribution in [3.05, 3.63) is 0 Å². The number of urea groups is 1. The van der Waals surface area contributed by atoms with Crippen LogP contribution in [0.25, 0.3) is 0 Å². The first-order valence-corrected chi connectivity index (χ1v) is 8.22. The maximum Gasteiger partial charge on any atom is 0.320 e. The number of aliphatic carboxylic acids is 1. The van der Waals surface area contributed by atoms with E-state index in [0.29, 0.717) is 18.9 Å². The summed E-state index contributed by atoms with van der Waals surface area (Å²) in [5.41, 5.74) is 0. The Bertz CT molecular complexity index is 439. The Labute approximate surface area is 126 Å². The highest BCUT2D eigenvalue weighted by Crippen LogP contribution is 2.48. The maximum absolute atomic E-state index is 12.6. The molecule has 2 amide bonds. The lowest BCUT2D eigenvalue weighted by Gasteiger charge is -2.32. The van der Waals surface area contributed by atoms with Crippen molar-refractivity contribution < 1.29 is 14.7 Å². The van der Waals surface area contributed by atoms with E-state index >= 15 is 0 Å². The second-order valence-corrected chi connectivity index (χ2v) is 7.27. The van der Waals surface area contributed by atoms with Crippen molar-refractivity contribution in [1.29, 1.82) is 0 Å². The second-order valence-electron chi connectivity index (χ2n) is 7.27. The summed E-state index contributed by atoms with van der Waals surface area (Å²) in [4.78, 5) is 27.3. The van der Waals surface area contributed by atoms with Crippen molar-refractivity contribution >= 4 is 12.0 Å². The van der Waals surface area contributed by atoms with Gasteiger partial charge in [0.25, 0.3) is 0 Å². The highest BCUT2D eigenvalue weighted by Gasteiger charge is 2.42. The number of nitrogens with zero attached hydrogens (tertiary/aromatic N) is 2. The van der Waals surface area contributed by atoms with Gasteiger partial charge in [-0.15, -0.1) is 0 Å². The molecule has 5 heteroatoms. The standard InChI is InChI=1S/C16H26N2O3/c1-10-14(15(19)20)5-6-18(10)16(21)17(2)9-13-8-11-3-4-12(13)7-11/h10-14H,3-9H2,1-2H3,(H,19,20). The van der Waals surface area contributed by atoms with Crippen LogP contribution >= 0.6 is 0 Å². The Morgan fingerprint density at radius 3 is 2.52 bits per heavy atom. The van der Waals surface area contributed by atoms with Crippen LogP contribution in [0, 0.1) is 23.7 Å². The minimum absolute atomic E-state index is 0.00836. The van der Waals surface area contributed by atoms with Crippen LogP contribution in [-0.2, 0) is 4.79 Å². The lowest BCUT2D eigenvalue weighted by Crippen LogP contribution is -2.46. The molecule has 0 spiro atoms. The zero-order chi connectivity index (χ0) is 15.1. The first-order chi connectivity index (χ1) is 9.97. The third-order valence-electron chi connectivity index (χ3n) is 6.04. The van der Waals surface area contributed by atoms with Crippen molar-refractivity contribution in [2.24, 2.45) is 23.7 Å². The van der Waals surface area contributed by atoms with Crippen molar-refractivity contribution in [2.45, 2.75) is 45.1 Å². The molecule has 0 aromatic carbocycles. The molecular formula is C16H26N2O3. The average Bonchev–Trinajstić information content (AvgIpc) is 3.12. The Kier molecular flexibility index (Phi) is 3.84. The maximum atomic E-state index is 12.6. The van der Waals surface area contributed by atoms with Gasteiger partial charge in [-0.05, 0) is 50.4 Å². The number of carboxylic acids is 1. The normalized spacial score (nSPS) is 38.0. The minimum Gasteiger partial charge on any atom is -0.481 e. The molecule has 0 radical (unpaired) electrons. The molecule has 3 fully saturated rings. The van der Waals surface area contributed by atoms with Gasteiger partial charge in [0.2, 0.25) is 0 Å². The van der Waals surface area contributed by atoms with Gasteiger partial charge in [0.05, 0.1) is 5.92 Å². The van der Waals surface area contributed by atoms with Crippen molar-refractivity contribution in [2.75, 3.05) is 20.1 Å². The van der Waals surface area contributed by atoms with E-state index in [1.807, 2.05) is 18.9 Å². The number of fused-ring (bicyclic) bond motifs is 2. The van der Waals surface area contributed by atoms with Crippen molar-refractivity contribution in [1.82, 2.24) is 9.80 Å². The Balaban J connectivity index is 1.56. The summed E-state index contributed by atoms with van der Waals surface area (Å²) in [6.07, 6.45) is 5.91. The summed E-state index contributed by atoms with van der Waals surface area (Å²) in [6.45, 7) is 3.26. The second kappa shape index (κ2) is 5.50. The first-order valence-electron chi connectivity index (χ1n) is 8.22. The Morgan fingerprint density at radius 1 is 1.24 bits per heavy atom. The van der Waals surface area contributed by atoms with Crippen molar-refractivity contribution in [3.8, 4) is 0 Å². The molecule has 1 aliphatic heterocycles. The molecule has 1 saturated heterocycles. The number of hydrogen-bond donors (Lipinski definition) is 1. The topological polar surface area (TPSA) is 60.9 Å².